The molecule has 0 fully saturated rings. The minimum absolute atomic E-state index is 0.300. The van der Waals surface area contributed by atoms with E-state index in [2.05, 4.69) is 6.58 Å². The molecule has 1 aromatic rings. The van der Waals surface area contributed by atoms with Crippen LogP contribution >= 0.6 is 0 Å². The molecule has 0 aromatic heterocycles. The van der Waals surface area contributed by atoms with Gasteiger partial charge in [0.2, 0.25) is 0 Å². The van der Waals surface area contributed by atoms with Crippen LogP contribution in [-0.4, -0.2) is 24.8 Å². The lowest BCUT2D eigenvalue weighted by Gasteiger charge is -2.11. The summed E-state index contributed by atoms with van der Waals surface area (Å²) in [7, 11) is 1.64. The van der Waals surface area contributed by atoms with Gasteiger partial charge in [-0.05, 0) is 30.5 Å². The summed E-state index contributed by atoms with van der Waals surface area (Å²) >= 11 is 0. The lowest BCUT2D eigenvalue weighted by Crippen LogP contribution is -1.99. The van der Waals surface area contributed by atoms with Crippen LogP contribution in [0, 0.1) is 0 Å². The summed E-state index contributed by atoms with van der Waals surface area (Å²) in [5.41, 5.74) is 1.02. The Morgan fingerprint density at radius 2 is 1.67 bits per heavy atom. The Morgan fingerprint density at radius 3 is 2.25 bits per heavy atom. The number of carbonyl (C=O) groups is 1. The van der Waals surface area contributed by atoms with Crippen molar-refractivity contribution in [2.24, 2.45) is 0 Å². The average molecular weight is 334 g/mol. The van der Waals surface area contributed by atoms with E-state index in [4.69, 9.17) is 14.6 Å². The van der Waals surface area contributed by atoms with Crippen molar-refractivity contribution in [3.8, 4) is 11.5 Å². The first kappa shape index (κ1) is 20.1. The monoisotopic (exact) mass is 334 g/mol. The van der Waals surface area contributed by atoms with Crippen LogP contribution in [0.5, 0.6) is 11.5 Å². The van der Waals surface area contributed by atoms with Crippen LogP contribution in [-0.2, 0) is 4.79 Å². The average Bonchev–Trinajstić information content (AvgIpc) is 2.59. The van der Waals surface area contributed by atoms with E-state index in [1.165, 1.54) is 19.3 Å². The zero-order chi connectivity index (χ0) is 17.6. The van der Waals surface area contributed by atoms with E-state index in [9.17, 15) is 4.79 Å². The van der Waals surface area contributed by atoms with Crippen LogP contribution in [0.1, 0.15) is 63.4 Å². The second kappa shape index (κ2) is 12.5. The normalized spacial score (nSPS) is 10.4. The molecule has 0 saturated carbocycles. The molecule has 0 unspecified atom stereocenters. The van der Waals surface area contributed by atoms with Gasteiger partial charge in [0.15, 0.2) is 11.5 Å². The lowest BCUT2D eigenvalue weighted by atomic mass is 10.1. The van der Waals surface area contributed by atoms with Crippen LogP contribution in [0.15, 0.2) is 24.8 Å². The molecule has 0 heterocycles. The molecule has 0 spiro atoms. The predicted molar refractivity (Wildman–Crippen MR) is 97.8 cm³/mol. The van der Waals surface area contributed by atoms with E-state index < -0.39 is 5.97 Å². The molecule has 0 atom stereocenters. The minimum atomic E-state index is -0.689. The van der Waals surface area contributed by atoms with E-state index in [0.717, 1.165) is 49.2 Å². The van der Waals surface area contributed by atoms with Gasteiger partial charge in [-0.1, -0.05) is 57.2 Å². The summed E-state index contributed by atoms with van der Waals surface area (Å²) in [6.45, 7) is 4.45. The fourth-order valence-electron chi connectivity index (χ4n) is 2.55. The van der Waals surface area contributed by atoms with Crippen molar-refractivity contribution < 1.29 is 19.4 Å². The number of hydrogen-bond donors (Lipinski definition) is 1. The smallest absolute Gasteiger partial charge is 0.303 e. The van der Waals surface area contributed by atoms with E-state index in [-0.39, 0.29) is 0 Å². The molecule has 0 aliphatic carbocycles. The number of methoxy groups -OCH3 is 1. The SMILES string of the molecule is C=Cc1ccc(OCCCCCCCCCCC(=O)O)c(OC)c1. The standard InChI is InChI=1S/C20H30O4/c1-3-17-13-14-18(19(16-17)23-2)24-15-11-9-7-5-4-6-8-10-12-20(21)22/h3,13-14,16H,1,4-12,15H2,2H3,(H,21,22). The van der Waals surface area contributed by atoms with Crippen molar-refractivity contribution in [1.29, 1.82) is 0 Å². The van der Waals surface area contributed by atoms with Crippen molar-refractivity contribution in [3.63, 3.8) is 0 Å². The Morgan fingerprint density at radius 1 is 1.04 bits per heavy atom. The molecular weight excluding hydrogens is 304 g/mol. The molecule has 0 saturated heterocycles. The van der Waals surface area contributed by atoms with Gasteiger partial charge in [0.1, 0.15) is 0 Å². The second-order valence-electron chi connectivity index (χ2n) is 5.94. The van der Waals surface area contributed by atoms with E-state index >= 15 is 0 Å². The quantitative estimate of drug-likeness (QED) is 0.468. The Labute approximate surface area is 145 Å². The molecule has 4 heteroatoms. The molecule has 134 valence electrons. The Bertz CT molecular complexity index is 496. The molecule has 0 aliphatic heterocycles. The van der Waals surface area contributed by atoms with Gasteiger partial charge in [-0.15, -0.1) is 0 Å². The van der Waals surface area contributed by atoms with Crippen LogP contribution < -0.4 is 9.47 Å². The topological polar surface area (TPSA) is 55.8 Å². The van der Waals surface area contributed by atoms with Crippen LogP contribution in [0.3, 0.4) is 0 Å². The van der Waals surface area contributed by atoms with E-state index in [0.29, 0.717) is 13.0 Å². The van der Waals surface area contributed by atoms with E-state index in [1.54, 1.807) is 13.2 Å². The molecule has 24 heavy (non-hydrogen) atoms. The molecule has 1 N–H and O–H groups in total. The van der Waals surface area contributed by atoms with Gasteiger partial charge in [0.25, 0.3) is 0 Å². The molecule has 0 bridgehead atoms. The summed E-state index contributed by atoms with van der Waals surface area (Å²) in [5.74, 6) is 0.834. The van der Waals surface area contributed by atoms with Gasteiger partial charge >= 0.3 is 5.97 Å². The van der Waals surface area contributed by atoms with Crippen molar-refractivity contribution >= 4 is 12.0 Å². The van der Waals surface area contributed by atoms with Gasteiger partial charge in [0, 0.05) is 6.42 Å². The largest absolute Gasteiger partial charge is 0.493 e. The Kier molecular flexibility index (Phi) is 10.4. The number of unbranched alkanes of at least 4 members (excludes halogenated alkanes) is 7. The third-order valence-corrected chi connectivity index (χ3v) is 3.97. The fraction of sp³-hybridized carbons (Fsp3) is 0.550. The molecule has 1 aromatic carbocycles. The maximum Gasteiger partial charge on any atom is 0.303 e. The zero-order valence-corrected chi connectivity index (χ0v) is 14.8. The van der Waals surface area contributed by atoms with Gasteiger partial charge in [0.05, 0.1) is 13.7 Å². The molecule has 0 amide bonds. The highest BCUT2D eigenvalue weighted by Gasteiger charge is 2.04. The number of aliphatic carboxylic acids is 1. The first-order valence-electron chi connectivity index (χ1n) is 8.82. The van der Waals surface area contributed by atoms with Gasteiger partial charge in [-0.2, -0.15) is 0 Å². The number of rotatable bonds is 14. The first-order valence-corrected chi connectivity index (χ1v) is 8.82. The zero-order valence-electron chi connectivity index (χ0n) is 14.8. The second-order valence-corrected chi connectivity index (χ2v) is 5.94. The van der Waals surface area contributed by atoms with Crippen LogP contribution in [0.4, 0.5) is 0 Å². The molecule has 0 aliphatic rings. The first-order chi connectivity index (χ1) is 11.7. The van der Waals surface area contributed by atoms with Crippen molar-refractivity contribution in [1.82, 2.24) is 0 Å². The molecular formula is C20H30O4. The van der Waals surface area contributed by atoms with Crippen LogP contribution in [0.2, 0.25) is 0 Å². The third kappa shape index (κ3) is 8.61. The number of hydrogen-bond acceptors (Lipinski definition) is 3. The van der Waals surface area contributed by atoms with E-state index in [1.807, 2.05) is 18.2 Å². The van der Waals surface area contributed by atoms with Gasteiger partial charge in [-0.3, -0.25) is 4.79 Å². The van der Waals surface area contributed by atoms with Crippen LogP contribution in [0.25, 0.3) is 6.08 Å². The Balaban J connectivity index is 2.04. The molecule has 0 radical (unpaired) electrons. The minimum Gasteiger partial charge on any atom is -0.493 e. The number of ether oxygens (including phenoxy) is 2. The number of carboxylic acid groups (broad SMARTS) is 1. The van der Waals surface area contributed by atoms with Crippen molar-refractivity contribution in [3.05, 3.63) is 30.3 Å². The third-order valence-electron chi connectivity index (χ3n) is 3.97. The highest BCUT2D eigenvalue weighted by molar-refractivity contribution is 5.66. The number of carboxylic acids is 1. The number of benzene rings is 1. The predicted octanol–water partition coefficient (Wildman–Crippen LogP) is 5.31. The van der Waals surface area contributed by atoms with Gasteiger partial charge in [-0.25, -0.2) is 0 Å². The lowest BCUT2D eigenvalue weighted by molar-refractivity contribution is -0.137. The highest BCUT2D eigenvalue weighted by Crippen LogP contribution is 2.28. The molecule has 1 rings (SSSR count). The van der Waals surface area contributed by atoms with Crippen molar-refractivity contribution in [2.45, 2.75) is 57.8 Å². The maximum atomic E-state index is 10.4. The summed E-state index contributed by atoms with van der Waals surface area (Å²) < 4.78 is 11.1. The maximum absolute atomic E-state index is 10.4. The summed E-state index contributed by atoms with van der Waals surface area (Å²) in [5, 5.41) is 8.55. The van der Waals surface area contributed by atoms with Gasteiger partial charge < -0.3 is 14.6 Å². The summed E-state index contributed by atoms with van der Waals surface area (Å²) in [6, 6.07) is 5.81. The summed E-state index contributed by atoms with van der Waals surface area (Å²) in [6.07, 6.45) is 10.8. The summed E-state index contributed by atoms with van der Waals surface area (Å²) in [4.78, 5) is 10.4. The Hall–Kier alpha value is -1.97. The molecule has 4 nitrogen and oxygen atoms in total. The van der Waals surface area contributed by atoms with Crippen molar-refractivity contribution in [2.75, 3.05) is 13.7 Å². The highest BCUT2D eigenvalue weighted by atomic mass is 16.5. The fourth-order valence-corrected chi connectivity index (χ4v) is 2.55.